The Morgan fingerprint density at radius 2 is 1.97 bits per heavy atom. The Labute approximate surface area is 194 Å². The molecule has 0 spiro atoms. The van der Waals surface area contributed by atoms with Crippen molar-refractivity contribution in [1.29, 1.82) is 5.26 Å². The van der Waals surface area contributed by atoms with E-state index in [1.54, 1.807) is 54.3 Å². The Balaban J connectivity index is 1.85. The molecule has 0 saturated heterocycles. The van der Waals surface area contributed by atoms with Crippen LogP contribution in [0, 0.1) is 25.3 Å². The fourth-order valence-corrected chi connectivity index (χ4v) is 4.28. The number of amides is 1. The topological polar surface area (TPSA) is 117 Å². The van der Waals surface area contributed by atoms with Crippen LogP contribution in [0.3, 0.4) is 0 Å². The number of hydrogen-bond acceptors (Lipinski definition) is 5. The first-order valence-electron chi connectivity index (χ1n) is 9.38. The summed E-state index contributed by atoms with van der Waals surface area (Å²) >= 11 is 3.31. The molecule has 0 bridgehead atoms. The molecular formula is C22H20BrN5O3S. The highest BCUT2D eigenvalue weighted by Crippen LogP contribution is 2.20. The van der Waals surface area contributed by atoms with Crippen molar-refractivity contribution in [1.82, 2.24) is 19.6 Å². The third kappa shape index (κ3) is 4.74. The lowest BCUT2D eigenvalue weighted by atomic mass is 10.1. The van der Waals surface area contributed by atoms with Gasteiger partial charge in [-0.05, 0) is 65.0 Å². The summed E-state index contributed by atoms with van der Waals surface area (Å²) in [7, 11) is -2.90. The van der Waals surface area contributed by atoms with Crippen molar-refractivity contribution in [2.45, 2.75) is 25.3 Å². The number of pyridine rings is 2. The highest BCUT2D eigenvalue weighted by atomic mass is 79.9. The monoisotopic (exact) mass is 513 g/mol. The summed E-state index contributed by atoms with van der Waals surface area (Å²) in [6.07, 6.45) is 6.48. The number of benzene rings is 1. The lowest BCUT2D eigenvalue weighted by Gasteiger charge is -2.16. The molecule has 1 unspecified atom stereocenters. The van der Waals surface area contributed by atoms with Gasteiger partial charge in [-0.25, -0.2) is 8.93 Å². The van der Waals surface area contributed by atoms with Gasteiger partial charge in [-0.2, -0.15) is 5.26 Å². The zero-order chi connectivity index (χ0) is 23.5. The number of nitrogens with one attached hydrogen (secondary N) is 2. The molecule has 8 nitrogen and oxygen atoms in total. The van der Waals surface area contributed by atoms with Crippen LogP contribution < -0.4 is 15.5 Å². The number of nitrogens with zero attached hydrogens (tertiary/aromatic N) is 3. The van der Waals surface area contributed by atoms with Gasteiger partial charge in [0, 0.05) is 24.6 Å². The van der Waals surface area contributed by atoms with E-state index < -0.39 is 21.0 Å². The largest absolute Gasteiger partial charge is 0.348 e. The van der Waals surface area contributed by atoms with Gasteiger partial charge in [-0.15, -0.1) is 0 Å². The maximum absolute atomic E-state index is 12.8. The van der Waals surface area contributed by atoms with Crippen molar-refractivity contribution < 1.29 is 9.00 Å². The summed E-state index contributed by atoms with van der Waals surface area (Å²) < 4.78 is 16.5. The van der Waals surface area contributed by atoms with Gasteiger partial charge in [0.1, 0.15) is 5.56 Å². The minimum Gasteiger partial charge on any atom is -0.348 e. The van der Waals surface area contributed by atoms with Gasteiger partial charge in [-0.3, -0.25) is 14.6 Å². The SMILES string of the molecule is C=S(=O)(NC#N)c1ccc(CNC(=O)c2cn(-c3cnccc3C)c(C)c(Br)c2=O)cc1. The molecular weight excluding hydrogens is 494 g/mol. The predicted octanol–water partition coefficient (Wildman–Crippen LogP) is 2.60. The van der Waals surface area contributed by atoms with Crippen molar-refractivity contribution in [3.63, 3.8) is 0 Å². The number of carbonyl (C=O) groups excluding carboxylic acids is 1. The van der Waals surface area contributed by atoms with E-state index in [9.17, 15) is 13.8 Å². The van der Waals surface area contributed by atoms with Crippen LogP contribution in [0.15, 0.2) is 63.1 Å². The fraction of sp³-hybridized carbons (Fsp3) is 0.136. The second kappa shape index (κ2) is 9.38. The Kier molecular flexibility index (Phi) is 6.81. The molecule has 164 valence electrons. The minimum absolute atomic E-state index is 0.0126. The molecule has 10 heteroatoms. The highest BCUT2D eigenvalue weighted by molar-refractivity contribution is 9.10. The zero-order valence-electron chi connectivity index (χ0n) is 17.4. The van der Waals surface area contributed by atoms with E-state index in [4.69, 9.17) is 5.26 Å². The molecule has 0 aliphatic rings. The molecule has 0 saturated carbocycles. The summed E-state index contributed by atoms with van der Waals surface area (Å²) in [4.78, 5) is 30.0. The van der Waals surface area contributed by atoms with E-state index in [0.29, 0.717) is 15.1 Å². The summed E-state index contributed by atoms with van der Waals surface area (Å²) in [6, 6.07) is 8.33. The molecule has 1 atom stereocenters. The molecule has 3 aromatic rings. The van der Waals surface area contributed by atoms with E-state index in [1.807, 2.05) is 13.0 Å². The molecule has 0 fully saturated rings. The summed E-state index contributed by atoms with van der Waals surface area (Å²) in [6.45, 7) is 3.85. The van der Waals surface area contributed by atoms with E-state index in [-0.39, 0.29) is 12.1 Å². The van der Waals surface area contributed by atoms with Gasteiger partial charge in [0.2, 0.25) is 5.43 Å². The lowest BCUT2D eigenvalue weighted by molar-refractivity contribution is 0.0949. The minimum atomic E-state index is -2.90. The number of halogens is 1. The smallest absolute Gasteiger partial charge is 0.257 e. The third-order valence-electron chi connectivity index (χ3n) is 4.86. The average Bonchev–Trinajstić information content (AvgIpc) is 2.77. The fourth-order valence-electron chi connectivity index (χ4n) is 3.03. The van der Waals surface area contributed by atoms with E-state index in [2.05, 4.69) is 36.8 Å². The maximum atomic E-state index is 12.8. The van der Waals surface area contributed by atoms with Crippen molar-refractivity contribution in [3.8, 4) is 11.9 Å². The van der Waals surface area contributed by atoms with Crippen LogP contribution in [0.25, 0.3) is 5.69 Å². The number of carbonyl (C=O) groups is 1. The van der Waals surface area contributed by atoms with Crippen LogP contribution in [0.5, 0.6) is 0 Å². The lowest BCUT2D eigenvalue weighted by Crippen LogP contribution is -2.30. The van der Waals surface area contributed by atoms with E-state index in [1.165, 1.54) is 6.20 Å². The molecule has 2 aromatic heterocycles. The zero-order valence-corrected chi connectivity index (χ0v) is 19.8. The van der Waals surface area contributed by atoms with Gasteiger partial charge in [0.25, 0.3) is 5.91 Å². The van der Waals surface area contributed by atoms with Crippen LogP contribution in [-0.2, 0) is 16.3 Å². The first-order chi connectivity index (χ1) is 15.2. The van der Waals surface area contributed by atoms with Crippen molar-refractivity contribution in [3.05, 3.63) is 86.0 Å². The normalized spacial score (nSPS) is 12.4. The Morgan fingerprint density at radius 3 is 2.59 bits per heavy atom. The van der Waals surface area contributed by atoms with E-state index >= 15 is 0 Å². The number of rotatable bonds is 6. The first kappa shape index (κ1) is 23.2. The second-order valence-corrected chi connectivity index (χ2v) is 9.84. The van der Waals surface area contributed by atoms with Crippen LogP contribution in [0.4, 0.5) is 0 Å². The molecule has 0 aliphatic heterocycles. The van der Waals surface area contributed by atoms with Crippen molar-refractivity contribution in [2.75, 3.05) is 0 Å². The van der Waals surface area contributed by atoms with Crippen LogP contribution in [-0.4, -0.2) is 25.5 Å². The Bertz CT molecular complexity index is 1390. The molecule has 32 heavy (non-hydrogen) atoms. The van der Waals surface area contributed by atoms with E-state index in [0.717, 1.165) is 16.8 Å². The maximum Gasteiger partial charge on any atom is 0.257 e. The molecule has 0 radical (unpaired) electrons. The summed E-state index contributed by atoms with van der Waals surface area (Å²) in [5, 5.41) is 11.4. The number of aromatic nitrogens is 2. The second-order valence-electron chi connectivity index (χ2n) is 7.02. The third-order valence-corrected chi connectivity index (χ3v) is 7.25. The van der Waals surface area contributed by atoms with Gasteiger partial charge in [0.15, 0.2) is 6.19 Å². The van der Waals surface area contributed by atoms with Crippen LogP contribution >= 0.6 is 15.9 Å². The predicted molar refractivity (Wildman–Crippen MR) is 127 cm³/mol. The highest BCUT2D eigenvalue weighted by Gasteiger charge is 2.18. The molecule has 2 heterocycles. The first-order valence-corrected chi connectivity index (χ1v) is 11.9. The molecule has 1 aromatic carbocycles. The van der Waals surface area contributed by atoms with Gasteiger partial charge in [0.05, 0.1) is 31.0 Å². The summed E-state index contributed by atoms with van der Waals surface area (Å²) in [5.41, 5.74) is 2.66. The quantitative estimate of drug-likeness (QED) is 0.298. The number of hydrogen-bond donors (Lipinski definition) is 2. The molecule has 3 rings (SSSR count). The Hall–Kier alpha value is -3.42. The standard InChI is InChI=1S/C22H20BrN5O3S/c1-14-8-9-25-11-19(14)28-12-18(21(29)20(23)15(28)2)22(30)26-10-16-4-6-17(7-5-16)32(3,31)27-13-24/h4-9,11-12H,3,10H2,1-2H3,(H,26,30)(H,27,31). The average molecular weight is 514 g/mol. The van der Waals surface area contributed by atoms with Crippen molar-refractivity contribution >= 4 is 37.4 Å². The summed E-state index contributed by atoms with van der Waals surface area (Å²) in [5.74, 6) is 2.99. The molecule has 1 amide bonds. The van der Waals surface area contributed by atoms with Gasteiger partial charge in [-0.1, -0.05) is 12.1 Å². The van der Waals surface area contributed by atoms with Gasteiger partial charge >= 0.3 is 0 Å². The Morgan fingerprint density at radius 1 is 1.28 bits per heavy atom. The number of aryl methyl sites for hydroxylation is 1. The van der Waals surface area contributed by atoms with Crippen LogP contribution in [0.2, 0.25) is 0 Å². The molecule has 0 aliphatic carbocycles. The van der Waals surface area contributed by atoms with Gasteiger partial charge < -0.3 is 9.88 Å². The number of nitriles is 1. The van der Waals surface area contributed by atoms with Crippen molar-refractivity contribution in [2.24, 2.45) is 0 Å². The molecule has 2 N–H and O–H groups in total. The van der Waals surface area contributed by atoms with Crippen LogP contribution in [0.1, 0.15) is 27.2 Å².